The summed E-state index contributed by atoms with van der Waals surface area (Å²) in [6, 6.07) is 31.2. The highest BCUT2D eigenvalue weighted by Gasteiger charge is 2.22. The zero-order valence-electron chi connectivity index (χ0n) is 35.6. The number of aromatic nitrogens is 2. The van der Waals surface area contributed by atoms with E-state index in [0.717, 1.165) is 62.0 Å². The molecule has 4 aromatic carbocycles. The average molecular weight is 831 g/mol. The van der Waals surface area contributed by atoms with Crippen molar-refractivity contribution in [1.82, 2.24) is 9.97 Å². The first-order valence-electron chi connectivity index (χ1n) is 20.7. The highest BCUT2D eigenvalue weighted by molar-refractivity contribution is 5.75. The number of rotatable bonds is 22. The van der Waals surface area contributed by atoms with Gasteiger partial charge in [0.25, 0.3) is 0 Å². The Morgan fingerprint density at radius 2 is 0.984 bits per heavy atom. The first kappa shape index (κ1) is 44.3. The lowest BCUT2D eigenvalue weighted by Gasteiger charge is -2.18. The molecule has 12 nitrogen and oxygen atoms in total. The Balaban J connectivity index is 0.974. The number of aryl methyl sites for hydroxylation is 2. The minimum Gasteiger partial charge on any atom is -0.493 e. The van der Waals surface area contributed by atoms with Gasteiger partial charge >= 0.3 is 11.9 Å². The molecule has 1 N–H and O–H groups in total. The molecule has 6 aromatic rings. The molecule has 320 valence electrons. The molecule has 0 amide bonds. The molecular formula is C49H54N2O10. The van der Waals surface area contributed by atoms with Crippen LogP contribution in [0.3, 0.4) is 0 Å². The first-order chi connectivity index (χ1) is 29.5. The molecular weight excluding hydrogens is 777 g/mol. The number of carbonyl (C=O) groups excluding carboxylic acids is 1. The Hall–Kier alpha value is -6.24. The number of aliphatic carboxylic acids is 1. The number of oxazole rings is 2. The molecule has 2 atom stereocenters. The van der Waals surface area contributed by atoms with Gasteiger partial charge in [-0.1, -0.05) is 48.5 Å². The summed E-state index contributed by atoms with van der Waals surface area (Å²) in [7, 11) is 0. The fourth-order valence-electron chi connectivity index (χ4n) is 6.72. The monoisotopic (exact) mass is 830 g/mol. The zero-order valence-corrected chi connectivity index (χ0v) is 35.6. The number of hydrogen-bond acceptors (Lipinski definition) is 11. The number of esters is 1. The third kappa shape index (κ3) is 12.4. The van der Waals surface area contributed by atoms with E-state index in [-0.39, 0.29) is 12.1 Å². The second-order valence-corrected chi connectivity index (χ2v) is 14.8. The lowest BCUT2D eigenvalue weighted by atomic mass is 10.0. The van der Waals surface area contributed by atoms with E-state index in [9.17, 15) is 14.7 Å². The predicted molar refractivity (Wildman–Crippen MR) is 231 cm³/mol. The standard InChI is InChI=1S/C49H54N2O10/c1-7-55-44(48(52)53)29-34-9-21-40(22-10-34)57-27-25-42-32(5)60-46(50-42)38-17-13-36(14-18-38)37-15-19-39(20-16-37)47-51-43(33(6)61-47)26-28-58-41-23-11-35(12-24-41)30-45(56-8-2)49(54)59-31(3)4/h9-24,31,44-45H,7-8,25-30H2,1-6H3,(H,52,53)/t44-,45-/m0/s1. The molecule has 0 aliphatic rings. The van der Waals surface area contributed by atoms with Crippen LogP contribution in [0.2, 0.25) is 0 Å². The van der Waals surface area contributed by atoms with Crippen molar-refractivity contribution < 1.29 is 47.2 Å². The minimum atomic E-state index is -0.973. The van der Waals surface area contributed by atoms with Crippen LogP contribution in [0.5, 0.6) is 11.5 Å². The van der Waals surface area contributed by atoms with Gasteiger partial charge in [-0.25, -0.2) is 19.6 Å². The lowest BCUT2D eigenvalue weighted by Crippen LogP contribution is -2.30. The van der Waals surface area contributed by atoms with Crippen LogP contribution < -0.4 is 9.47 Å². The van der Waals surface area contributed by atoms with Gasteiger partial charge in [0.05, 0.1) is 30.7 Å². The van der Waals surface area contributed by atoms with Crippen molar-refractivity contribution >= 4 is 11.9 Å². The molecule has 0 aliphatic heterocycles. The summed E-state index contributed by atoms with van der Waals surface area (Å²) >= 11 is 0. The second-order valence-electron chi connectivity index (χ2n) is 14.8. The average Bonchev–Trinajstić information content (AvgIpc) is 3.82. The van der Waals surface area contributed by atoms with Crippen molar-refractivity contribution in [2.24, 2.45) is 0 Å². The summed E-state index contributed by atoms with van der Waals surface area (Å²) < 4.78 is 40.4. The highest BCUT2D eigenvalue weighted by Crippen LogP contribution is 2.29. The van der Waals surface area contributed by atoms with Crippen LogP contribution in [0.25, 0.3) is 34.0 Å². The Morgan fingerprint density at radius 3 is 1.38 bits per heavy atom. The summed E-state index contributed by atoms with van der Waals surface area (Å²) in [4.78, 5) is 33.4. The number of hydrogen-bond donors (Lipinski definition) is 1. The Labute approximate surface area is 356 Å². The molecule has 12 heteroatoms. The third-order valence-electron chi connectivity index (χ3n) is 9.91. The Kier molecular flexibility index (Phi) is 15.5. The van der Waals surface area contributed by atoms with Gasteiger partial charge in [-0.05, 0) is 112 Å². The summed E-state index contributed by atoms with van der Waals surface area (Å²) in [5.41, 5.74) is 7.33. The molecule has 0 saturated heterocycles. The van der Waals surface area contributed by atoms with Crippen molar-refractivity contribution in [2.45, 2.75) is 85.5 Å². The second kappa shape index (κ2) is 21.3. The van der Waals surface area contributed by atoms with Gasteiger partial charge in [-0.3, -0.25) is 0 Å². The summed E-state index contributed by atoms with van der Waals surface area (Å²) in [6.07, 6.45) is 0.146. The van der Waals surface area contributed by atoms with Gasteiger partial charge in [0.1, 0.15) is 23.0 Å². The van der Waals surface area contributed by atoms with Crippen LogP contribution >= 0.6 is 0 Å². The molecule has 2 heterocycles. The van der Waals surface area contributed by atoms with Crippen LogP contribution in [-0.2, 0) is 49.5 Å². The zero-order chi connectivity index (χ0) is 43.3. The molecule has 2 aromatic heterocycles. The minimum absolute atomic E-state index is 0.200. The fourth-order valence-corrected chi connectivity index (χ4v) is 6.72. The Morgan fingerprint density at radius 1 is 0.590 bits per heavy atom. The molecule has 0 radical (unpaired) electrons. The largest absolute Gasteiger partial charge is 0.493 e. The number of carboxylic acids is 1. The molecule has 0 bridgehead atoms. The molecule has 61 heavy (non-hydrogen) atoms. The third-order valence-corrected chi connectivity index (χ3v) is 9.91. The highest BCUT2D eigenvalue weighted by atomic mass is 16.6. The number of nitrogens with zero attached hydrogens (tertiary/aromatic N) is 2. The molecule has 0 saturated carbocycles. The smallest absolute Gasteiger partial charge is 0.335 e. The molecule has 0 fully saturated rings. The number of carboxylic acid groups (broad SMARTS) is 1. The van der Waals surface area contributed by atoms with Crippen molar-refractivity contribution in [1.29, 1.82) is 0 Å². The van der Waals surface area contributed by atoms with Crippen molar-refractivity contribution in [2.75, 3.05) is 26.4 Å². The first-order valence-corrected chi connectivity index (χ1v) is 20.7. The topological polar surface area (TPSA) is 153 Å². The summed E-state index contributed by atoms with van der Waals surface area (Å²) in [6.45, 7) is 12.7. The molecule has 6 rings (SSSR count). The van der Waals surface area contributed by atoms with E-state index in [0.29, 0.717) is 69.6 Å². The van der Waals surface area contributed by atoms with E-state index < -0.39 is 18.2 Å². The number of carbonyl (C=O) groups is 2. The van der Waals surface area contributed by atoms with Gasteiger partial charge in [-0.15, -0.1) is 0 Å². The lowest BCUT2D eigenvalue weighted by molar-refractivity contribution is -0.160. The Bertz CT molecular complexity index is 2310. The van der Waals surface area contributed by atoms with E-state index in [1.165, 1.54) is 0 Å². The van der Waals surface area contributed by atoms with E-state index in [2.05, 4.69) is 12.1 Å². The van der Waals surface area contributed by atoms with Crippen LogP contribution in [-0.4, -0.2) is 71.8 Å². The van der Waals surface area contributed by atoms with Crippen LogP contribution in [0.1, 0.15) is 61.7 Å². The maximum absolute atomic E-state index is 12.4. The quantitative estimate of drug-likeness (QED) is 0.0649. The number of ether oxygens (including phenoxy) is 5. The summed E-state index contributed by atoms with van der Waals surface area (Å²) in [5, 5.41) is 9.35. The van der Waals surface area contributed by atoms with Gasteiger partial charge in [0.2, 0.25) is 11.8 Å². The maximum Gasteiger partial charge on any atom is 0.335 e. The number of benzene rings is 4. The molecule has 0 unspecified atom stereocenters. The predicted octanol–water partition coefficient (Wildman–Crippen LogP) is 9.45. The summed E-state index contributed by atoms with van der Waals surface area (Å²) in [5.74, 6) is 2.68. The van der Waals surface area contributed by atoms with Crippen LogP contribution in [0.15, 0.2) is 106 Å². The van der Waals surface area contributed by atoms with Crippen molar-refractivity contribution in [3.63, 3.8) is 0 Å². The van der Waals surface area contributed by atoms with Crippen LogP contribution in [0.4, 0.5) is 0 Å². The van der Waals surface area contributed by atoms with Gasteiger partial charge in [0, 0.05) is 50.0 Å². The van der Waals surface area contributed by atoms with Gasteiger partial charge in [-0.2, -0.15) is 0 Å². The van der Waals surface area contributed by atoms with E-state index >= 15 is 0 Å². The maximum atomic E-state index is 12.4. The van der Waals surface area contributed by atoms with Crippen molar-refractivity contribution in [3.8, 4) is 45.5 Å². The van der Waals surface area contributed by atoms with E-state index in [1.807, 2.05) is 120 Å². The van der Waals surface area contributed by atoms with Crippen molar-refractivity contribution in [3.05, 3.63) is 131 Å². The van der Waals surface area contributed by atoms with Crippen LogP contribution in [0, 0.1) is 13.8 Å². The van der Waals surface area contributed by atoms with E-state index in [1.54, 1.807) is 6.92 Å². The molecule has 0 spiro atoms. The normalized spacial score (nSPS) is 12.3. The SMILES string of the molecule is CCO[C@@H](Cc1ccc(OCCc2nc(-c3ccc(-c4ccc(-c5nc(CCOc6ccc(C[C@H](OCC)C(=O)OC(C)C)cc6)c(C)o5)cc4)cc3)oc2C)cc1)C(=O)O. The molecule has 0 aliphatic carbocycles. The van der Waals surface area contributed by atoms with E-state index in [4.69, 9.17) is 42.5 Å². The van der Waals surface area contributed by atoms with Gasteiger partial charge < -0.3 is 37.6 Å². The van der Waals surface area contributed by atoms with Gasteiger partial charge in [0.15, 0.2) is 12.2 Å². The fraction of sp³-hybridized carbons (Fsp3) is 0.347.